The van der Waals surface area contributed by atoms with Gasteiger partial charge in [-0.1, -0.05) is 0 Å². The van der Waals surface area contributed by atoms with E-state index in [0.717, 1.165) is 0 Å². The standard InChI is InChI=1S/CH2O.H2O2S.Sr/c1-2;1-3-2;/h1H2;1-2H;/q;;+2/p-2. The van der Waals surface area contributed by atoms with Gasteiger partial charge in [-0.15, -0.1) is 0 Å². The number of rotatable bonds is 0. The molecular weight excluding hydrogens is 180 g/mol. The molecule has 0 unspecified atom stereocenters. The van der Waals surface area contributed by atoms with Crippen molar-refractivity contribution >= 4 is 64.6 Å². The molecule has 5 heteroatoms. The van der Waals surface area contributed by atoms with Crippen LogP contribution in [0.15, 0.2) is 0 Å². The first-order valence-electron chi connectivity index (χ1n) is 0.622. The second kappa shape index (κ2) is 32.2. The van der Waals surface area contributed by atoms with Gasteiger partial charge in [0.05, 0.1) is 0 Å². The number of hydrogen-bond acceptors (Lipinski definition) is 4. The third-order valence-electron chi connectivity index (χ3n) is 0. The van der Waals surface area contributed by atoms with Gasteiger partial charge in [0.25, 0.3) is 0 Å². The zero-order valence-electron chi connectivity index (χ0n) is 3.05. The Morgan fingerprint density at radius 1 is 1.33 bits per heavy atom. The summed E-state index contributed by atoms with van der Waals surface area (Å²) in [7, 11) is 0. The smallest absolute Gasteiger partial charge is 0.811 e. The molecule has 32 valence electrons. The number of hydrogen-bond donors (Lipinski definition) is 0. The molecule has 0 aliphatic heterocycles. The Kier molecular flexibility index (Phi) is 84.0. The van der Waals surface area contributed by atoms with Crippen molar-refractivity contribution in [3.8, 4) is 0 Å². The van der Waals surface area contributed by atoms with E-state index in [1.54, 1.807) is 0 Å². The second-order valence-electron chi connectivity index (χ2n) is 0.0680. The van der Waals surface area contributed by atoms with Crippen LogP contribution < -0.4 is 0 Å². The van der Waals surface area contributed by atoms with Gasteiger partial charge >= 0.3 is 45.5 Å². The molecule has 0 aromatic rings. The molecular formula is CH2O3SSr. The van der Waals surface area contributed by atoms with Gasteiger partial charge in [0.2, 0.25) is 0 Å². The fourth-order valence-electron chi connectivity index (χ4n) is 0. The summed E-state index contributed by atoms with van der Waals surface area (Å²) >= 11 is -0.750. The molecule has 3 nitrogen and oxygen atoms in total. The van der Waals surface area contributed by atoms with E-state index in [-0.39, 0.29) is 45.5 Å². The normalized spacial score (nSPS) is 3.67. The van der Waals surface area contributed by atoms with Crippen molar-refractivity contribution in [2.45, 2.75) is 0 Å². The first kappa shape index (κ1) is 15.7. The molecule has 0 aliphatic rings. The molecule has 0 fully saturated rings. The molecule has 0 aliphatic carbocycles. The third-order valence-corrected chi connectivity index (χ3v) is 0. The second-order valence-corrected chi connectivity index (χ2v) is 0.204. The van der Waals surface area contributed by atoms with Gasteiger partial charge in [0.15, 0.2) is 0 Å². The summed E-state index contributed by atoms with van der Waals surface area (Å²) in [6.07, 6.45) is 0. The average molecular weight is 182 g/mol. The van der Waals surface area contributed by atoms with Crippen molar-refractivity contribution in [3.05, 3.63) is 0 Å². The molecule has 0 radical (unpaired) electrons. The summed E-state index contributed by atoms with van der Waals surface area (Å²) in [5.41, 5.74) is 0. The fraction of sp³-hybridized carbons (Fsp3) is 0. The van der Waals surface area contributed by atoms with Gasteiger partial charge in [0.1, 0.15) is 6.79 Å². The summed E-state index contributed by atoms with van der Waals surface area (Å²) in [5.74, 6) is 0. The van der Waals surface area contributed by atoms with Gasteiger partial charge in [-0.25, -0.2) is 0 Å². The van der Waals surface area contributed by atoms with E-state index < -0.39 is 12.3 Å². The summed E-state index contributed by atoms with van der Waals surface area (Å²) in [6, 6.07) is 0. The van der Waals surface area contributed by atoms with Crippen molar-refractivity contribution in [2.24, 2.45) is 0 Å². The van der Waals surface area contributed by atoms with Crippen LogP contribution in [0, 0.1) is 0 Å². The molecule has 0 bridgehead atoms. The van der Waals surface area contributed by atoms with Crippen molar-refractivity contribution in [1.82, 2.24) is 0 Å². The van der Waals surface area contributed by atoms with E-state index in [9.17, 15) is 0 Å². The van der Waals surface area contributed by atoms with Crippen LogP contribution in [0.4, 0.5) is 0 Å². The van der Waals surface area contributed by atoms with Crippen molar-refractivity contribution in [1.29, 1.82) is 0 Å². The van der Waals surface area contributed by atoms with Crippen LogP contribution in [0.25, 0.3) is 0 Å². The Morgan fingerprint density at radius 3 is 1.33 bits per heavy atom. The molecule has 0 aromatic carbocycles. The fourth-order valence-corrected chi connectivity index (χ4v) is 0. The monoisotopic (exact) mass is 182 g/mol. The van der Waals surface area contributed by atoms with E-state index in [1.165, 1.54) is 0 Å². The maximum absolute atomic E-state index is 8.29. The van der Waals surface area contributed by atoms with Crippen LogP contribution in [-0.2, 0) is 4.79 Å². The molecule has 6 heavy (non-hydrogen) atoms. The zero-order chi connectivity index (χ0) is 4.71. The predicted octanol–water partition coefficient (Wildman–Crippen LogP) is -0.585. The topological polar surface area (TPSA) is 63.2 Å². The molecule has 0 N–H and O–H groups in total. The first-order valence-corrected chi connectivity index (χ1v) is 1.29. The average Bonchev–Trinajstić information content (AvgIpc) is 1.46. The quantitative estimate of drug-likeness (QED) is 0.371. The Hall–Kier alpha value is 1.42. The SMILES string of the molecule is C=O.[O-]S[O-].[Sr+2]. The van der Waals surface area contributed by atoms with Crippen LogP contribution in [0.5, 0.6) is 0 Å². The Labute approximate surface area is 77.4 Å². The number of carbonyl (C=O) groups excluding carboxylic acids is 1. The van der Waals surface area contributed by atoms with Gasteiger partial charge in [-0.2, -0.15) is 0 Å². The summed E-state index contributed by atoms with van der Waals surface area (Å²) in [6.45, 7) is 2.00. The van der Waals surface area contributed by atoms with Crippen molar-refractivity contribution < 1.29 is 13.9 Å². The molecule has 0 amide bonds. The van der Waals surface area contributed by atoms with Crippen LogP contribution >= 0.6 is 12.3 Å². The summed E-state index contributed by atoms with van der Waals surface area (Å²) in [4.78, 5) is 8.00. The van der Waals surface area contributed by atoms with Crippen molar-refractivity contribution in [3.63, 3.8) is 0 Å². The molecule has 0 heterocycles. The van der Waals surface area contributed by atoms with Gasteiger partial charge in [-0.05, 0) is 0 Å². The molecule has 0 saturated heterocycles. The van der Waals surface area contributed by atoms with E-state index in [0.29, 0.717) is 0 Å². The third kappa shape index (κ3) is 52.5. The summed E-state index contributed by atoms with van der Waals surface area (Å²) < 4.78 is 16.6. The van der Waals surface area contributed by atoms with Gasteiger partial charge in [0, 0.05) is 0 Å². The number of carbonyl (C=O) groups is 1. The molecule has 0 spiro atoms. The van der Waals surface area contributed by atoms with Crippen molar-refractivity contribution in [2.75, 3.05) is 0 Å². The van der Waals surface area contributed by atoms with Crippen LogP contribution in [0.2, 0.25) is 0 Å². The minimum absolute atomic E-state index is 0. The maximum Gasteiger partial charge on any atom is 2.00 e. The molecule has 0 rings (SSSR count). The minimum Gasteiger partial charge on any atom is -0.811 e. The van der Waals surface area contributed by atoms with E-state index in [2.05, 4.69) is 0 Å². The predicted molar refractivity (Wildman–Crippen MR) is 22.0 cm³/mol. The minimum atomic E-state index is -0.750. The zero-order valence-corrected chi connectivity index (χ0v) is 7.34. The van der Waals surface area contributed by atoms with Gasteiger partial charge in [-0.3, -0.25) is 0 Å². The van der Waals surface area contributed by atoms with E-state index >= 15 is 0 Å². The molecule has 0 saturated carbocycles. The van der Waals surface area contributed by atoms with Crippen LogP contribution in [0.3, 0.4) is 0 Å². The largest absolute Gasteiger partial charge is 2.00 e. The Morgan fingerprint density at radius 2 is 1.33 bits per heavy atom. The molecule has 0 atom stereocenters. The first-order chi connectivity index (χ1) is 2.41. The Balaban J connectivity index is -0.0000000275. The maximum atomic E-state index is 8.29. The van der Waals surface area contributed by atoms with Crippen LogP contribution in [0.1, 0.15) is 0 Å². The molecule has 0 aromatic heterocycles. The summed E-state index contributed by atoms with van der Waals surface area (Å²) in [5, 5.41) is 0. The Bertz CT molecular complexity index is 14.8. The van der Waals surface area contributed by atoms with E-state index in [4.69, 9.17) is 13.9 Å². The van der Waals surface area contributed by atoms with E-state index in [1.807, 2.05) is 6.79 Å². The van der Waals surface area contributed by atoms with Crippen LogP contribution in [-0.4, -0.2) is 61.4 Å². The van der Waals surface area contributed by atoms with Gasteiger partial charge < -0.3 is 26.2 Å².